The number of carbonyl (C=O) groups is 3. The van der Waals surface area contributed by atoms with Gasteiger partial charge in [0.25, 0.3) is 17.7 Å². The molecular formula is C22H22N2O6. The Kier molecular flexibility index (Phi) is 5.41. The van der Waals surface area contributed by atoms with Gasteiger partial charge in [-0.1, -0.05) is 6.07 Å². The van der Waals surface area contributed by atoms with Gasteiger partial charge in [-0.3, -0.25) is 19.3 Å². The van der Waals surface area contributed by atoms with Gasteiger partial charge in [-0.2, -0.15) is 0 Å². The van der Waals surface area contributed by atoms with Crippen molar-refractivity contribution in [3.8, 4) is 11.5 Å². The van der Waals surface area contributed by atoms with E-state index < -0.39 is 0 Å². The molecule has 0 aromatic heterocycles. The van der Waals surface area contributed by atoms with E-state index in [9.17, 15) is 14.4 Å². The van der Waals surface area contributed by atoms with E-state index in [1.165, 1.54) is 17.0 Å². The third-order valence-electron chi connectivity index (χ3n) is 5.21. The number of ether oxygens (including phenoxy) is 3. The standard InChI is InChI=1S/C22H22N2O6/c1-13(14-5-7-18-19(11-14)30-12-29-18)23-20(25)15-4-6-16-17(10-15)22(27)24(21(16)26)8-3-9-28-2/h4-7,10-11,13H,3,8-9,12H2,1-2H3,(H,23,25)/t13-/m0/s1. The average Bonchev–Trinajstić information content (AvgIpc) is 3.31. The molecule has 30 heavy (non-hydrogen) atoms. The number of hydrogen-bond acceptors (Lipinski definition) is 6. The molecule has 0 unspecified atom stereocenters. The summed E-state index contributed by atoms with van der Waals surface area (Å²) in [7, 11) is 1.57. The van der Waals surface area contributed by atoms with Crippen LogP contribution in [0.2, 0.25) is 0 Å². The first-order valence-corrected chi connectivity index (χ1v) is 9.69. The van der Waals surface area contributed by atoms with E-state index in [0.29, 0.717) is 35.7 Å². The summed E-state index contributed by atoms with van der Waals surface area (Å²) in [5, 5.41) is 2.91. The number of amides is 3. The van der Waals surface area contributed by atoms with E-state index >= 15 is 0 Å². The molecule has 1 N–H and O–H groups in total. The van der Waals surface area contributed by atoms with E-state index in [-0.39, 0.29) is 42.7 Å². The van der Waals surface area contributed by atoms with Crippen molar-refractivity contribution in [3.05, 3.63) is 58.7 Å². The number of fused-ring (bicyclic) bond motifs is 2. The molecule has 4 rings (SSSR count). The minimum absolute atomic E-state index is 0.184. The Labute approximate surface area is 173 Å². The first kappa shape index (κ1) is 19.9. The van der Waals surface area contributed by atoms with Gasteiger partial charge in [0.15, 0.2) is 11.5 Å². The maximum Gasteiger partial charge on any atom is 0.261 e. The Morgan fingerprint density at radius 1 is 1.10 bits per heavy atom. The van der Waals surface area contributed by atoms with E-state index in [1.807, 2.05) is 19.1 Å². The first-order chi connectivity index (χ1) is 14.5. The summed E-state index contributed by atoms with van der Waals surface area (Å²) < 4.78 is 15.7. The number of imide groups is 1. The van der Waals surface area contributed by atoms with Gasteiger partial charge in [0.2, 0.25) is 6.79 Å². The fourth-order valence-electron chi connectivity index (χ4n) is 3.55. The molecule has 2 aliphatic heterocycles. The third kappa shape index (κ3) is 3.61. The van der Waals surface area contributed by atoms with Crippen LogP contribution in [0.4, 0.5) is 0 Å². The Morgan fingerprint density at radius 2 is 1.87 bits per heavy atom. The van der Waals surface area contributed by atoms with Gasteiger partial charge in [0.1, 0.15) is 0 Å². The third-order valence-corrected chi connectivity index (χ3v) is 5.21. The van der Waals surface area contributed by atoms with Gasteiger partial charge in [-0.15, -0.1) is 0 Å². The molecule has 8 heteroatoms. The van der Waals surface area contributed by atoms with Crippen LogP contribution in [0.3, 0.4) is 0 Å². The van der Waals surface area contributed by atoms with Crippen molar-refractivity contribution in [3.63, 3.8) is 0 Å². The van der Waals surface area contributed by atoms with Crippen LogP contribution in [0, 0.1) is 0 Å². The molecule has 0 aliphatic carbocycles. The predicted octanol–water partition coefficient (Wildman–Crippen LogP) is 2.54. The first-order valence-electron chi connectivity index (χ1n) is 9.69. The summed E-state index contributed by atoms with van der Waals surface area (Å²) in [6.07, 6.45) is 0.558. The van der Waals surface area contributed by atoms with Gasteiger partial charge in [-0.05, 0) is 49.2 Å². The van der Waals surface area contributed by atoms with Crippen LogP contribution in [-0.2, 0) is 4.74 Å². The SMILES string of the molecule is COCCCN1C(=O)c2ccc(C(=O)N[C@@H](C)c3ccc4c(c3)OCO4)cc2C1=O. The summed E-state index contributed by atoms with van der Waals surface area (Å²) in [6.45, 7) is 2.78. The lowest BCUT2D eigenvalue weighted by atomic mass is 10.0. The number of carbonyl (C=O) groups excluding carboxylic acids is 3. The molecule has 2 aromatic rings. The highest BCUT2D eigenvalue weighted by atomic mass is 16.7. The Hall–Kier alpha value is -3.39. The second-order valence-electron chi connectivity index (χ2n) is 7.18. The zero-order valence-corrected chi connectivity index (χ0v) is 16.8. The average molecular weight is 410 g/mol. The number of methoxy groups -OCH3 is 1. The molecule has 156 valence electrons. The second-order valence-corrected chi connectivity index (χ2v) is 7.18. The predicted molar refractivity (Wildman–Crippen MR) is 107 cm³/mol. The van der Waals surface area contributed by atoms with E-state index in [2.05, 4.69) is 5.32 Å². The maximum absolute atomic E-state index is 12.7. The number of nitrogens with zero attached hydrogens (tertiary/aromatic N) is 1. The van der Waals surface area contributed by atoms with Gasteiger partial charge in [0, 0.05) is 25.8 Å². The highest BCUT2D eigenvalue weighted by Gasteiger charge is 2.35. The van der Waals surface area contributed by atoms with Crippen LogP contribution in [0.1, 0.15) is 56.0 Å². The van der Waals surface area contributed by atoms with Crippen molar-refractivity contribution in [2.24, 2.45) is 0 Å². The summed E-state index contributed by atoms with van der Waals surface area (Å²) in [4.78, 5) is 39.1. The molecule has 0 fully saturated rings. The van der Waals surface area contributed by atoms with Gasteiger partial charge in [-0.25, -0.2) is 0 Å². The smallest absolute Gasteiger partial charge is 0.261 e. The zero-order valence-electron chi connectivity index (χ0n) is 16.8. The quantitative estimate of drug-likeness (QED) is 0.557. The van der Waals surface area contributed by atoms with Crippen LogP contribution >= 0.6 is 0 Å². The van der Waals surface area contributed by atoms with Gasteiger partial charge >= 0.3 is 0 Å². The molecule has 2 aliphatic rings. The molecule has 0 saturated heterocycles. The Morgan fingerprint density at radius 3 is 2.67 bits per heavy atom. The highest BCUT2D eigenvalue weighted by molar-refractivity contribution is 6.22. The zero-order chi connectivity index (χ0) is 21.3. The lowest BCUT2D eigenvalue weighted by Gasteiger charge is -2.15. The lowest BCUT2D eigenvalue weighted by Crippen LogP contribution is -2.31. The minimum Gasteiger partial charge on any atom is -0.454 e. The molecule has 0 bridgehead atoms. The molecule has 1 atom stereocenters. The van der Waals surface area contributed by atoms with E-state index in [4.69, 9.17) is 14.2 Å². The Balaban J connectivity index is 1.47. The summed E-state index contributed by atoms with van der Waals surface area (Å²) in [5.74, 6) is 0.260. The molecule has 0 radical (unpaired) electrons. The topological polar surface area (TPSA) is 94.2 Å². The molecule has 3 amide bonds. The monoisotopic (exact) mass is 410 g/mol. The summed E-state index contributed by atoms with van der Waals surface area (Å²) in [5.41, 5.74) is 1.75. The van der Waals surface area contributed by atoms with Crippen LogP contribution < -0.4 is 14.8 Å². The van der Waals surface area contributed by atoms with Gasteiger partial charge < -0.3 is 19.5 Å². The number of benzene rings is 2. The summed E-state index contributed by atoms with van der Waals surface area (Å²) in [6, 6.07) is 9.78. The van der Waals surface area contributed by atoms with E-state index in [0.717, 1.165) is 5.56 Å². The molecule has 2 aromatic carbocycles. The van der Waals surface area contributed by atoms with E-state index in [1.54, 1.807) is 19.2 Å². The summed E-state index contributed by atoms with van der Waals surface area (Å²) >= 11 is 0. The molecular weight excluding hydrogens is 388 g/mol. The minimum atomic E-state index is -0.385. The van der Waals surface area contributed by atoms with Crippen molar-refractivity contribution >= 4 is 17.7 Å². The van der Waals surface area contributed by atoms with Crippen molar-refractivity contribution < 1.29 is 28.6 Å². The molecule has 0 spiro atoms. The Bertz CT molecular complexity index is 1020. The highest BCUT2D eigenvalue weighted by Crippen LogP contribution is 2.34. The number of rotatable bonds is 7. The lowest BCUT2D eigenvalue weighted by molar-refractivity contribution is 0.0638. The van der Waals surface area contributed by atoms with Crippen LogP contribution in [0.5, 0.6) is 11.5 Å². The van der Waals surface area contributed by atoms with Crippen molar-refractivity contribution in [2.75, 3.05) is 27.1 Å². The van der Waals surface area contributed by atoms with Crippen molar-refractivity contribution in [2.45, 2.75) is 19.4 Å². The van der Waals surface area contributed by atoms with Crippen molar-refractivity contribution in [1.82, 2.24) is 10.2 Å². The molecule has 2 heterocycles. The van der Waals surface area contributed by atoms with Gasteiger partial charge in [0.05, 0.1) is 17.2 Å². The largest absolute Gasteiger partial charge is 0.454 e. The van der Waals surface area contributed by atoms with Crippen molar-refractivity contribution in [1.29, 1.82) is 0 Å². The number of hydrogen-bond donors (Lipinski definition) is 1. The second kappa shape index (κ2) is 8.16. The fourth-order valence-corrected chi connectivity index (χ4v) is 3.55. The van der Waals surface area contributed by atoms with Crippen LogP contribution in [0.15, 0.2) is 36.4 Å². The van der Waals surface area contributed by atoms with Crippen LogP contribution in [-0.4, -0.2) is 49.7 Å². The maximum atomic E-state index is 12.7. The van der Waals surface area contributed by atoms with Crippen LogP contribution in [0.25, 0.3) is 0 Å². The normalized spacial score (nSPS) is 15.3. The molecule has 8 nitrogen and oxygen atoms in total. The fraction of sp³-hybridized carbons (Fsp3) is 0.318. The molecule has 0 saturated carbocycles. The number of nitrogens with one attached hydrogen (secondary N) is 1.